The van der Waals surface area contributed by atoms with Gasteiger partial charge in [0, 0.05) is 5.56 Å². The maximum absolute atomic E-state index is 11.1. The predicted molar refractivity (Wildman–Crippen MR) is 66.7 cm³/mol. The molecule has 1 aliphatic heterocycles. The number of carbonyl (C=O) groups excluding carboxylic acids is 1. The molecule has 6 heteroatoms. The third-order valence-electron chi connectivity index (χ3n) is 2.86. The van der Waals surface area contributed by atoms with Crippen molar-refractivity contribution in [3.05, 3.63) is 35.9 Å². The highest BCUT2D eigenvalue weighted by atomic mass is 16.5. The molecule has 0 saturated carbocycles. The molecule has 0 spiro atoms. The van der Waals surface area contributed by atoms with Crippen LogP contribution in [-0.2, 0) is 14.3 Å². The molecule has 2 N–H and O–H groups in total. The number of hydrogen-bond acceptors (Lipinski definition) is 6. The molecular weight excluding hydrogens is 250 g/mol. The lowest BCUT2D eigenvalue weighted by atomic mass is 10.1. The minimum atomic E-state index is -1.63. The average molecular weight is 265 g/mol. The fourth-order valence-electron chi connectivity index (χ4n) is 1.77. The summed E-state index contributed by atoms with van der Waals surface area (Å²) in [7, 11) is 1.14. The van der Waals surface area contributed by atoms with Crippen LogP contribution >= 0.6 is 0 Å². The molecule has 1 aromatic carbocycles. The molecule has 1 aliphatic rings. The van der Waals surface area contributed by atoms with Crippen molar-refractivity contribution in [2.45, 2.75) is 18.2 Å². The number of hydrogen-bond donors (Lipinski definition) is 2. The van der Waals surface area contributed by atoms with Gasteiger partial charge in [-0.05, 0) is 12.1 Å². The Morgan fingerprint density at radius 1 is 1.42 bits per heavy atom. The van der Waals surface area contributed by atoms with Crippen LogP contribution in [0.3, 0.4) is 0 Å². The summed E-state index contributed by atoms with van der Waals surface area (Å²) >= 11 is 0. The molecule has 19 heavy (non-hydrogen) atoms. The van der Waals surface area contributed by atoms with Crippen LogP contribution in [0.25, 0.3) is 0 Å². The molecule has 6 nitrogen and oxygen atoms in total. The fourth-order valence-corrected chi connectivity index (χ4v) is 1.77. The van der Waals surface area contributed by atoms with Crippen molar-refractivity contribution >= 4 is 11.9 Å². The van der Waals surface area contributed by atoms with E-state index in [1.54, 1.807) is 0 Å². The summed E-state index contributed by atoms with van der Waals surface area (Å²) in [6.07, 6.45) is -2.98. The zero-order chi connectivity index (χ0) is 13.8. The van der Waals surface area contributed by atoms with Gasteiger partial charge >= 0.3 is 5.97 Å². The second kappa shape index (κ2) is 5.81. The normalized spacial score (nSPS) is 21.2. The van der Waals surface area contributed by atoms with Crippen molar-refractivity contribution in [2.75, 3.05) is 13.7 Å². The van der Waals surface area contributed by atoms with E-state index < -0.39 is 24.2 Å². The third kappa shape index (κ3) is 2.91. The van der Waals surface area contributed by atoms with Gasteiger partial charge in [-0.2, -0.15) is 0 Å². The molecule has 0 aliphatic carbocycles. The van der Waals surface area contributed by atoms with Crippen LogP contribution < -0.4 is 0 Å². The molecule has 0 amide bonds. The van der Waals surface area contributed by atoms with Gasteiger partial charge in [0.05, 0.1) is 7.11 Å². The second-order valence-electron chi connectivity index (χ2n) is 4.14. The van der Waals surface area contributed by atoms with Crippen molar-refractivity contribution < 1.29 is 24.5 Å². The van der Waals surface area contributed by atoms with Gasteiger partial charge in [0.2, 0.25) is 5.90 Å². The Hall–Kier alpha value is -1.92. The van der Waals surface area contributed by atoms with E-state index in [2.05, 4.69) is 9.73 Å². The summed E-state index contributed by atoms with van der Waals surface area (Å²) < 4.78 is 9.73. The monoisotopic (exact) mass is 265 g/mol. The summed E-state index contributed by atoms with van der Waals surface area (Å²) in [5.41, 5.74) is 0.782. The molecule has 0 fully saturated rings. The molecule has 1 aromatic rings. The van der Waals surface area contributed by atoms with E-state index in [9.17, 15) is 15.0 Å². The quantitative estimate of drug-likeness (QED) is 0.731. The Kier molecular flexibility index (Phi) is 4.13. The number of benzene rings is 1. The number of aliphatic hydroxyl groups excluding tert-OH is 2. The lowest BCUT2D eigenvalue weighted by molar-refractivity contribution is -0.157. The molecule has 102 valence electrons. The zero-order valence-electron chi connectivity index (χ0n) is 10.4. The number of ether oxygens (including phenoxy) is 2. The van der Waals surface area contributed by atoms with E-state index in [4.69, 9.17) is 4.74 Å². The van der Waals surface area contributed by atoms with Crippen LogP contribution in [0.1, 0.15) is 5.56 Å². The van der Waals surface area contributed by atoms with Crippen LogP contribution in [0.15, 0.2) is 35.3 Å². The van der Waals surface area contributed by atoms with Crippen molar-refractivity contribution in [2.24, 2.45) is 4.99 Å². The van der Waals surface area contributed by atoms with Gasteiger partial charge in [0.25, 0.3) is 0 Å². The van der Waals surface area contributed by atoms with Gasteiger partial charge in [0.15, 0.2) is 6.10 Å². The predicted octanol–water partition coefficient (Wildman–Crippen LogP) is -0.273. The largest absolute Gasteiger partial charge is 0.475 e. The molecule has 1 heterocycles. The number of esters is 1. The van der Waals surface area contributed by atoms with Crippen LogP contribution in [0.5, 0.6) is 0 Å². The molecule has 0 radical (unpaired) electrons. The number of carbonyl (C=O) groups is 1. The molecule has 3 atom stereocenters. The summed E-state index contributed by atoms with van der Waals surface area (Å²) in [5.74, 6) is -0.502. The highest BCUT2D eigenvalue weighted by molar-refractivity contribution is 5.95. The van der Waals surface area contributed by atoms with Crippen LogP contribution in [-0.4, -0.2) is 54.0 Å². The first-order valence-corrected chi connectivity index (χ1v) is 5.83. The molecular formula is C13H15NO5. The summed E-state index contributed by atoms with van der Waals surface area (Å²) in [5, 5.41) is 19.4. The Bertz CT molecular complexity index is 473. The van der Waals surface area contributed by atoms with E-state index >= 15 is 0 Å². The lowest BCUT2D eigenvalue weighted by Crippen LogP contribution is -2.42. The summed E-state index contributed by atoms with van der Waals surface area (Å²) in [4.78, 5) is 15.3. The third-order valence-corrected chi connectivity index (χ3v) is 2.86. The standard InChI is InChI=1S/C13H15NO5/c1-18-13(17)11(16)10(15)9-7-19-12(14-9)8-5-3-2-4-6-8/h2-6,9-11,15-16H,7H2,1H3/t9-,10+,11-/m1/s1. The van der Waals surface area contributed by atoms with Gasteiger partial charge in [-0.3, -0.25) is 0 Å². The van der Waals surface area contributed by atoms with Crippen LogP contribution in [0.4, 0.5) is 0 Å². The van der Waals surface area contributed by atoms with Gasteiger partial charge < -0.3 is 19.7 Å². The minimum absolute atomic E-state index is 0.111. The highest BCUT2D eigenvalue weighted by Crippen LogP contribution is 2.16. The zero-order valence-corrected chi connectivity index (χ0v) is 10.4. The molecule has 0 saturated heterocycles. The SMILES string of the molecule is COC(=O)[C@H](O)[C@@H](O)[C@H]1COC(c2ccccc2)=N1. The van der Waals surface area contributed by atoms with Crippen LogP contribution in [0, 0.1) is 0 Å². The van der Waals surface area contributed by atoms with E-state index in [1.807, 2.05) is 30.3 Å². The number of nitrogens with zero attached hydrogens (tertiary/aromatic N) is 1. The Labute approximate surface area is 110 Å². The molecule has 2 rings (SSSR count). The van der Waals surface area contributed by atoms with Gasteiger partial charge in [-0.15, -0.1) is 0 Å². The van der Waals surface area contributed by atoms with Crippen molar-refractivity contribution in [3.63, 3.8) is 0 Å². The fraction of sp³-hybridized carbons (Fsp3) is 0.385. The Balaban J connectivity index is 2.08. The topological polar surface area (TPSA) is 88.4 Å². The first-order chi connectivity index (χ1) is 9.13. The molecule has 0 bridgehead atoms. The highest BCUT2D eigenvalue weighted by Gasteiger charge is 2.35. The van der Waals surface area contributed by atoms with Crippen molar-refractivity contribution in [3.8, 4) is 0 Å². The maximum Gasteiger partial charge on any atom is 0.337 e. The Morgan fingerprint density at radius 2 is 2.11 bits per heavy atom. The summed E-state index contributed by atoms with van der Waals surface area (Å²) in [6, 6.07) is 8.51. The van der Waals surface area contributed by atoms with E-state index in [1.165, 1.54) is 0 Å². The number of aliphatic imine (C=N–C) groups is 1. The maximum atomic E-state index is 11.1. The van der Waals surface area contributed by atoms with Crippen molar-refractivity contribution in [1.29, 1.82) is 0 Å². The van der Waals surface area contributed by atoms with Crippen LogP contribution in [0.2, 0.25) is 0 Å². The van der Waals surface area contributed by atoms with E-state index in [-0.39, 0.29) is 6.61 Å². The average Bonchev–Trinajstić information content (AvgIpc) is 2.95. The van der Waals surface area contributed by atoms with Gasteiger partial charge in [-0.1, -0.05) is 18.2 Å². The minimum Gasteiger partial charge on any atom is -0.475 e. The lowest BCUT2D eigenvalue weighted by Gasteiger charge is -2.18. The first-order valence-electron chi connectivity index (χ1n) is 5.83. The molecule has 0 unspecified atom stereocenters. The van der Waals surface area contributed by atoms with Crippen molar-refractivity contribution in [1.82, 2.24) is 0 Å². The molecule has 0 aromatic heterocycles. The number of rotatable bonds is 4. The second-order valence-corrected chi connectivity index (χ2v) is 4.14. The van der Waals surface area contributed by atoms with E-state index in [0.717, 1.165) is 12.7 Å². The number of aliphatic hydroxyl groups is 2. The first kappa shape index (κ1) is 13.5. The van der Waals surface area contributed by atoms with Gasteiger partial charge in [-0.25, -0.2) is 9.79 Å². The smallest absolute Gasteiger partial charge is 0.337 e. The Morgan fingerprint density at radius 3 is 2.74 bits per heavy atom. The summed E-state index contributed by atoms with van der Waals surface area (Å²) in [6.45, 7) is 0.111. The van der Waals surface area contributed by atoms with Gasteiger partial charge in [0.1, 0.15) is 18.8 Å². The van der Waals surface area contributed by atoms with E-state index in [0.29, 0.717) is 5.90 Å². The number of methoxy groups -OCH3 is 1.